The molecule has 140 valence electrons. The highest BCUT2D eigenvalue weighted by Gasteiger charge is 2.37. The molecule has 26 heavy (non-hydrogen) atoms. The fourth-order valence-electron chi connectivity index (χ4n) is 4.03. The predicted molar refractivity (Wildman–Crippen MR) is 98.8 cm³/mol. The molecule has 1 N–H and O–H groups in total. The molecule has 1 aliphatic heterocycles. The van der Waals surface area contributed by atoms with Crippen LogP contribution in [0.4, 0.5) is 0 Å². The minimum atomic E-state index is -0.220. The average Bonchev–Trinajstić information content (AvgIpc) is 3.14. The van der Waals surface area contributed by atoms with Crippen LogP contribution in [-0.4, -0.2) is 44.2 Å². The molecule has 0 bridgehead atoms. The SMILES string of the molecule is CCn1c(C)cc(C(=O)N[C@@H]2CCC(=O)N(C)[C@H]2c2ccnn2C)c1C. The number of piperidine rings is 1. The number of aryl methyl sites for hydroxylation is 2. The van der Waals surface area contributed by atoms with Crippen molar-refractivity contribution in [1.29, 1.82) is 0 Å². The van der Waals surface area contributed by atoms with Gasteiger partial charge in [0.2, 0.25) is 5.91 Å². The first-order valence-corrected chi connectivity index (χ1v) is 9.06. The average molecular weight is 357 g/mol. The van der Waals surface area contributed by atoms with Gasteiger partial charge in [-0.25, -0.2) is 0 Å². The van der Waals surface area contributed by atoms with E-state index in [-0.39, 0.29) is 23.9 Å². The molecular formula is C19H27N5O2. The molecule has 2 aromatic heterocycles. The quantitative estimate of drug-likeness (QED) is 0.909. The molecule has 0 aliphatic carbocycles. The molecule has 1 saturated heterocycles. The second kappa shape index (κ2) is 6.97. The zero-order valence-corrected chi connectivity index (χ0v) is 16.1. The maximum absolute atomic E-state index is 13.0. The van der Waals surface area contributed by atoms with Gasteiger partial charge in [-0.3, -0.25) is 14.3 Å². The van der Waals surface area contributed by atoms with E-state index in [4.69, 9.17) is 0 Å². The maximum atomic E-state index is 13.0. The van der Waals surface area contributed by atoms with E-state index >= 15 is 0 Å². The number of amides is 2. The van der Waals surface area contributed by atoms with Gasteiger partial charge in [0, 0.05) is 44.6 Å². The molecule has 0 radical (unpaired) electrons. The highest BCUT2D eigenvalue weighted by atomic mass is 16.2. The van der Waals surface area contributed by atoms with Crippen molar-refractivity contribution in [3.05, 3.63) is 41.0 Å². The molecule has 0 aromatic carbocycles. The van der Waals surface area contributed by atoms with Gasteiger partial charge in [0.1, 0.15) is 0 Å². The van der Waals surface area contributed by atoms with Crippen molar-refractivity contribution in [2.24, 2.45) is 7.05 Å². The van der Waals surface area contributed by atoms with E-state index in [0.29, 0.717) is 18.4 Å². The Balaban J connectivity index is 1.88. The van der Waals surface area contributed by atoms with Gasteiger partial charge in [0.25, 0.3) is 5.91 Å². The van der Waals surface area contributed by atoms with Crippen LogP contribution in [0.25, 0.3) is 0 Å². The van der Waals surface area contributed by atoms with Crippen molar-refractivity contribution in [3.8, 4) is 0 Å². The van der Waals surface area contributed by atoms with E-state index in [1.165, 1.54) is 0 Å². The summed E-state index contributed by atoms with van der Waals surface area (Å²) in [7, 11) is 3.65. The molecule has 0 saturated carbocycles. The van der Waals surface area contributed by atoms with Gasteiger partial charge < -0.3 is 14.8 Å². The Hall–Kier alpha value is -2.57. The van der Waals surface area contributed by atoms with Crippen molar-refractivity contribution in [2.75, 3.05) is 7.05 Å². The van der Waals surface area contributed by atoms with Crippen LogP contribution in [0, 0.1) is 13.8 Å². The molecule has 2 amide bonds. The number of nitrogens with zero attached hydrogens (tertiary/aromatic N) is 4. The summed E-state index contributed by atoms with van der Waals surface area (Å²) < 4.78 is 3.89. The number of aromatic nitrogens is 3. The van der Waals surface area contributed by atoms with Crippen LogP contribution in [0.2, 0.25) is 0 Å². The Morgan fingerprint density at radius 1 is 1.35 bits per heavy atom. The number of likely N-dealkylation sites (tertiary alicyclic amines) is 1. The maximum Gasteiger partial charge on any atom is 0.253 e. The smallest absolute Gasteiger partial charge is 0.253 e. The molecule has 3 heterocycles. The van der Waals surface area contributed by atoms with Crippen LogP contribution in [-0.2, 0) is 18.4 Å². The van der Waals surface area contributed by atoms with Crippen molar-refractivity contribution >= 4 is 11.8 Å². The number of nitrogens with one attached hydrogen (secondary N) is 1. The van der Waals surface area contributed by atoms with Crippen LogP contribution in [0.1, 0.15) is 53.2 Å². The van der Waals surface area contributed by atoms with E-state index in [1.54, 1.807) is 22.8 Å². The molecule has 2 aromatic rings. The molecule has 7 heteroatoms. The van der Waals surface area contributed by atoms with Gasteiger partial charge >= 0.3 is 0 Å². The van der Waals surface area contributed by atoms with Gasteiger partial charge in [-0.05, 0) is 39.3 Å². The molecule has 3 rings (SSSR count). The van der Waals surface area contributed by atoms with Crippen LogP contribution in [0.5, 0.6) is 0 Å². The molecule has 0 unspecified atom stereocenters. The minimum Gasteiger partial charge on any atom is -0.349 e. The number of likely N-dealkylation sites (N-methyl/N-ethyl adjacent to an activating group) is 1. The van der Waals surface area contributed by atoms with Crippen molar-refractivity contribution in [3.63, 3.8) is 0 Å². The van der Waals surface area contributed by atoms with Gasteiger partial charge in [-0.15, -0.1) is 0 Å². The summed E-state index contributed by atoms with van der Waals surface area (Å²) in [5.41, 5.74) is 3.67. The third-order valence-corrected chi connectivity index (χ3v) is 5.47. The first-order valence-electron chi connectivity index (χ1n) is 9.06. The van der Waals surface area contributed by atoms with Crippen LogP contribution < -0.4 is 5.32 Å². The summed E-state index contributed by atoms with van der Waals surface area (Å²) in [6.45, 7) is 6.89. The Morgan fingerprint density at radius 2 is 2.08 bits per heavy atom. The first kappa shape index (κ1) is 18.2. The fraction of sp³-hybridized carbons (Fsp3) is 0.526. The zero-order chi connectivity index (χ0) is 19.0. The Kier molecular flexibility index (Phi) is 4.89. The Labute approximate surface area is 154 Å². The van der Waals surface area contributed by atoms with E-state index in [0.717, 1.165) is 23.6 Å². The molecule has 7 nitrogen and oxygen atoms in total. The normalized spacial score (nSPS) is 20.5. The summed E-state index contributed by atoms with van der Waals surface area (Å²) >= 11 is 0. The van der Waals surface area contributed by atoms with Crippen molar-refractivity contribution in [1.82, 2.24) is 24.6 Å². The highest BCUT2D eigenvalue weighted by Crippen LogP contribution is 2.31. The second-order valence-electron chi connectivity index (χ2n) is 6.98. The molecule has 2 atom stereocenters. The van der Waals surface area contributed by atoms with E-state index < -0.39 is 0 Å². The molecular weight excluding hydrogens is 330 g/mol. The summed E-state index contributed by atoms with van der Waals surface area (Å²) in [4.78, 5) is 26.9. The first-order chi connectivity index (χ1) is 12.3. The molecule has 0 spiro atoms. The lowest BCUT2D eigenvalue weighted by atomic mass is 9.93. The summed E-state index contributed by atoms with van der Waals surface area (Å²) in [6.07, 6.45) is 2.77. The fourth-order valence-corrected chi connectivity index (χ4v) is 4.03. The van der Waals surface area contributed by atoms with Crippen LogP contribution in [0.15, 0.2) is 18.3 Å². The standard InChI is InChI=1S/C19H27N5O2/c1-6-24-12(2)11-14(13(24)3)19(26)21-15-7-8-17(25)22(4)18(15)16-9-10-20-23(16)5/h9-11,15,18H,6-8H2,1-5H3,(H,21,26)/t15-,18-/m1/s1. The summed E-state index contributed by atoms with van der Waals surface area (Å²) in [5.74, 6) is 0.00331. The van der Waals surface area contributed by atoms with Gasteiger partial charge in [-0.1, -0.05) is 0 Å². The van der Waals surface area contributed by atoms with Crippen LogP contribution >= 0.6 is 0 Å². The number of hydrogen-bond donors (Lipinski definition) is 1. The topological polar surface area (TPSA) is 72.2 Å². The minimum absolute atomic E-state index is 0.0854. The van der Waals surface area contributed by atoms with Crippen molar-refractivity contribution < 1.29 is 9.59 Å². The number of hydrogen-bond acceptors (Lipinski definition) is 3. The third-order valence-electron chi connectivity index (χ3n) is 5.47. The molecule has 1 fully saturated rings. The lowest BCUT2D eigenvalue weighted by Crippen LogP contribution is -2.51. The van der Waals surface area contributed by atoms with Crippen molar-refractivity contribution in [2.45, 2.75) is 52.2 Å². The van der Waals surface area contributed by atoms with Crippen LogP contribution in [0.3, 0.4) is 0 Å². The second-order valence-corrected chi connectivity index (χ2v) is 6.98. The Morgan fingerprint density at radius 3 is 2.65 bits per heavy atom. The monoisotopic (exact) mass is 357 g/mol. The van der Waals surface area contributed by atoms with E-state index in [9.17, 15) is 9.59 Å². The zero-order valence-electron chi connectivity index (χ0n) is 16.1. The molecule has 1 aliphatic rings. The summed E-state index contributed by atoms with van der Waals surface area (Å²) in [5, 5.41) is 7.40. The predicted octanol–water partition coefficient (Wildman–Crippen LogP) is 1.95. The number of carbonyl (C=O) groups is 2. The lowest BCUT2D eigenvalue weighted by Gasteiger charge is -2.39. The van der Waals surface area contributed by atoms with E-state index in [2.05, 4.69) is 21.9 Å². The Bertz CT molecular complexity index is 835. The van der Waals surface area contributed by atoms with Gasteiger partial charge in [0.15, 0.2) is 0 Å². The number of rotatable bonds is 4. The van der Waals surface area contributed by atoms with E-state index in [1.807, 2.05) is 33.0 Å². The summed E-state index contributed by atoms with van der Waals surface area (Å²) in [6, 6.07) is 3.47. The largest absolute Gasteiger partial charge is 0.349 e. The highest BCUT2D eigenvalue weighted by molar-refractivity contribution is 5.96. The van der Waals surface area contributed by atoms with Gasteiger partial charge in [0.05, 0.1) is 23.3 Å². The third kappa shape index (κ3) is 3.02. The number of carbonyl (C=O) groups excluding carboxylic acids is 2. The lowest BCUT2D eigenvalue weighted by molar-refractivity contribution is -0.136. The van der Waals surface area contributed by atoms with Gasteiger partial charge in [-0.2, -0.15) is 5.10 Å².